The number of aliphatic imine (C=N–C) groups is 7. The SMILES string of the molecule is CC(=Nc1c(C(C)C)cccc1C(C)C)C(C)=Nc1c(C(C)C)cccc1C(C)C.CC(=Nc1c(C)cc(C)cc1C)C(C)=Nc1c(C)cc(C)cc1C.CC(C)c1cccc(C(C)C)c1N=Cc1nc(-c2ccccc2)oc1-c1ccccc1.Cc1cc(C)c(N=Cc2ccc(C=Nc3c(C)cc(C)cc3C)s2)c(C)c1. The highest BCUT2D eigenvalue weighted by Gasteiger charge is 2.21. The van der Waals surface area contributed by atoms with Gasteiger partial charge in [0.15, 0.2) is 5.76 Å². The number of hydrogen-bond acceptors (Lipinski definition) is 10. The zero-order chi connectivity index (χ0) is 81.9. The normalized spacial score (nSPS) is 12.3. The van der Waals surface area contributed by atoms with Crippen LogP contribution in [0.2, 0.25) is 0 Å². The molecule has 0 fully saturated rings. The van der Waals surface area contributed by atoms with Crippen LogP contribution in [0.5, 0.6) is 0 Å². The van der Waals surface area contributed by atoms with Gasteiger partial charge in [-0.05, 0) is 248 Å². The molecule has 10 heteroatoms. The molecule has 0 saturated carbocycles. The first-order valence-corrected chi connectivity index (χ1v) is 40.7. The Bertz CT molecular complexity index is 4890. The fourth-order valence-electron chi connectivity index (χ4n) is 14.2. The Morgan fingerprint density at radius 3 is 0.848 bits per heavy atom. The van der Waals surface area contributed by atoms with Crippen LogP contribution < -0.4 is 0 Å². The minimum atomic E-state index is 0.386. The molecule has 0 amide bonds. The molecule has 112 heavy (non-hydrogen) atoms. The van der Waals surface area contributed by atoms with Crippen LogP contribution in [0.4, 0.5) is 39.8 Å². The van der Waals surface area contributed by atoms with E-state index in [0.29, 0.717) is 41.4 Å². The van der Waals surface area contributed by atoms with Crippen LogP contribution in [0, 0.1) is 83.1 Å². The molecule has 582 valence electrons. The van der Waals surface area contributed by atoms with Crippen LogP contribution in [0.15, 0.2) is 215 Å². The van der Waals surface area contributed by atoms with Crippen molar-refractivity contribution in [3.05, 3.63) is 292 Å². The molecule has 0 atom stereocenters. The summed E-state index contributed by atoms with van der Waals surface area (Å²) in [6.45, 7) is 60.4. The Morgan fingerprint density at radius 2 is 0.554 bits per heavy atom. The lowest BCUT2D eigenvalue weighted by atomic mass is 9.92. The van der Waals surface area contributed by atoms with Gasteiger partial charge in [0.2, 0.25) is 5.89 Å². The molecule has 0 aliphatic heterocycles. The Kier molecular flexibility index (Phi) is 31.3. The van der Waals surface area contributed by atoms with Crippen molar-refractivity contribution in [1.82, 2.24) is 4.98 Å². The van der Waals surface area contributed by atoms with E-state index in [1.807, 2.05) is 93.2 Å². The first-order valence-electron chi connectivity index (χ1n) is 39.9. The van der Waals surface area contributed by atoms with Gasteiger partial charge in [0, 0.05) is 33.3 Å². The van der Waals surface area contributed by atoms with E-state index in [0.717, 1.165) is 95.0 Å². The van der Waals surface area contributed by atoms with Crippen molar-refractivity contribution in [2.45, 2.75) is 229 Å². The highest BCUT2D eigenvalue weighted by molar-refractivity contribution is 7.15. The lowest BCUT2D eigenvalue weighted by molar-refractivity contribution is 0.588. The van der Waals surface area contributed by atoms with Crippen molar-refractivity contribution in [2.24, 2.45) is 34.9 Å². The third-order valence-electron chi connectivity index (χ3n) is 20.0. The summed E-state index contributed by atoms with van der Waals surface area (Å²) in [6, 6.07) is 61.3. The molecule has 2 heterocycles. The first-order chi connectivity index (χ1) is 53.1. The Balaban J connectivity index is 0.000000188. The third kappa shape index (κ3) is 23.3. The maximum atomic E-state index is 6.23. The molecule has 11 rings (SSSR count). The minimum Gasteiger partial charge on any atom is -0.435 e. The molecule has 11 aromatic rings. The molecule has 0 aliphatic carbocycles. The van der Waals surface area contributed by atoms with Gasteiger partial charge in [-0.15, -0.1) is 11.3 Å². The number of para-hydroxylation sites is 3. The molecule has 0 radical (unpaired) electrons. The fraction of sp³-hybridized carbons (Fsp3) is 0.333. The number of hydrogen-bond donors (Lipinski definition) is 0. The van der Waals surface area contributed by atoms with E-state index in [4.69, 9.17) is 44.3 Å². The van der Waals surface area contributed by atoms with Gasteiger partial charge in [-0.3, -0.25) is 34.9 Å². The van der Waals surface area contributed by atoms with Gasteiger partial charge in [-0.2, -0.15) is 0 Å². The predicted octanol–water partition coefficient (Wildman–Crippen LogP) is 30.6. The van der Waals surface area contributed by atoms with Crippen molar-refractivity contribution in [3.8, 4) is 22.8 Å². The van der Waals surface area contributed by atoms with Crippen LogP contribution >= 0.6 is 11.3 Å². The molecule has 0 N–H and O–H groups in total. The van der Waals surface area contributed by atoms with E-state index in [1.165, 1.54) is 100 Å². The highest BCUT2D eigenvalue weighted by atomic mass is 32.1. The van der Waals surface area contributed by atoms with Crippen LogP contribution in [-0.2, 0) is 0 Å². The molecule has 0 aliphatic rings. The van der Waals surface area contributed by atoms with Crippen molar-refractivity contribution in [1.29, 1.82) is 0 Å². The summed E-state index contributed by atoms with van der Waals surface area (Å²) in [4.78, 5) is 41.5. The maximum Gasteiger partial charge on any atom is 0.227 e. The van der Waals surface area contributed by atoms with Gasteiger partial charge >= 0.3 is 0 Å². The van der Waals surface area contributed by atoms with Gasteiger partial charge in [0.05, 0.1) is 68.9 Å². The number of rotatable bonds is 20. The summed E-state index contributed by atoms with van der Waals surface area (Å²) in [5.74, 6) is 3.83. The Hall–Kier alpha value is -10.4. The Morgan fingerprint density at radius 1 is 0.295 bits per heavy atom. The first kappa shape index (κ1) is 87.2. The Labute approximate surface area is 676 Å². The number of thiophene rings is 1. The summed E-state index contributed by atoms with van der Waals surface area (Å²) in [6.07, 6.45) is 5.76. The van der Waals surface area contributed by atoms with Gasteiger partial charge < -0.3 is 4.42 Å². The third-order valence-corrected chi connectivity index (χ3v) is 21.0. The largest absolute Gasteiger partial charge is 0.435 e. The smallest absolute Gasteiger partial charge is 0.227 e. The second-order valence-electron chi connectivity index (χ2n) is 32.0. The minimum absolute atomic E-state index is 0.386. The molecular formula is C102H122N8OS. The zero-order valence-electron chi connectivity index (χ0n) is 72.3. The van der Waals surface area contributed by atoms with Crippen molar-refractivity contribution in [2.75, 3.05) is 0 Å². The van der Waals surface area contributed by atoms with Crippen LogP contribution in [-0.4, -0.2) is 46.5 Å². The van der Waals surface area contributed by atoms with Gasteiger partial charge in [-0.25, -0.2) is 4.98 Å². The summed E-state index contributed by atoms with van der Waals surface area (Å²) < 4.78 is 6.23. The van der Waals surface area contributed by atoms with E-state index >= 15 is 0 Å². The van der Waals surface area contributed by atoms with E-state index in [9.17, 15) is 0 Å². The van der Waals surface area contributed by atoms with Crippen molar-refractivity contribution >= 4 is 92.6 Å². The molecule has 9 nitrogen and oxygen atoms in total. The fourth-order valence-corrected chi connectivity index (χ4v) is 15.0. The molecule has 9 aromatic carbocycles. The summed E-state index contributed by atoms with van der Waals surface area (Å²) in [7, 11) is 0. The number of aryl methyl sites for hydroxylation is 12. The van der Waals surface area contributed by atoms with Crippen LogP contribution in [0.25, 0.3) is 22.8 Å². The van der Waals surface area contributed by atoms with E-state index in [1.54, 1.807) is 11.3 Å². The summed E-state index contributed by atoms with van der Waals surface area (Å²) >= 11 is 1.70. The maximum absolute atomic E-state index is 6.23. The average Bonchev–Trinajstić information content (AvgIpc) is 1.48. The summed E-state index contributed by atoms with van der Waals surface area (Å²) in [5, 5.41) is 0. The van der Waals surface area contributed by atoms with Gasteiger partial charge in [0.1, 0.15) is 5.69 Å². The van der Waals surface area contributed by atoms with E-state index in [-0.39, 0.29) is 0 Å². The number of benzene rings is 9. The predicted molar refractivity (Wildman–Crippen MR) is 491 cm³/mol. The van der Waals surface area contributed by atoms with Crippen molar-refractivity contribution < 1.29 is 4.42 Å². The molecular weight excluding hydrogens is 1390 g/mol. The van der Waals surface area contributed by atoms with E-state index < -0.39 is 0 Å². The zero-order valence-corrected chi connectivity index (χ0v) is 73.2. The van der Waals surface area contributed by atoms with Crippen molar-refractivity contribution in [3.63, 3.8) is 0 Å². The molecule has 0 unspecified atom stereocenters. The number of aromatic nitrogens is 1. The lowest BCUT2D eigenvalue weighted by Gasteiger charge is -2.18. The number of oxazole rings is 1. The molecule has 0 saturated heterocycles. The lowest BCUT2D eigenvalue weighted by Crippen LogP contribution is -2.07. The van der Waals surface area contributed by atoms with Crippen LogP contribution in [0.3, 0.4) is 0 Å². The monoisotopic (exact) mass is 1510 g/mol. The molecule has 2 aromatic heterocycles. The average molecular weight is 1510 g/mol. The standard InChI is InChI=1S/C28H28N2O.C28H40N2.C24H26N2S.C22H28N2/c1-19(2)23-16-11-17-24(20(3)4)26(23)29-18-25-27(21-12-7-5-8-13-21)31-28(30-25)22-14-9-6-10-15-22;1-17(2)23-13-11-14-24(18(3)4)27(23)29-21(9)22(10)30-28-25(19(5)6)15-12-16-26(28)20(7)8;1-15-9-17(3)23(18(4)10-15)25-13-21-7-8-22(27-21)14-26-24-19(5)11-16(2)12-20(24)6;1-13-9-15(3)21(16(4)10-13)23-19(7)20(8)24-22-17(5)11-14(2)12-18(22)6/h5-20H,1-4H3;11-20H,1-10H3;7-14H,1-6H3;9-12H,1-8H3. The number of nitrogens with zero attached hydrogens (tertiary/aromatic N) is 8. The van der Waals surface area contributed by atoms with Gasteiger partial charge in [-0.1, -0.05) is 257 Å². The summed E-state index contributed by atoms with van der Waals surface area (Å²) in [5.41, 5.74) is 36.6. The molecule has 0 bridgehead atoms. The van der Waals surface area contributed by atoms with Gasteiger partial charge in [0.25, 0.3) is 0 Å². The highest BCUT2D eigenvalue weighted by Crippen LogP contribution is 2.40. The van der Waals surface area contributed by atoms with Crippen LogP contribution in [0.1, 0.15) is 262 Å². The quantitative estimate of drug-likeness (QED) is 0.0708. The second-order valence-corrected chi connectivity index (χ2v) is 33.2. The molecule has 0 spiro atoms. The topological polar surface area (TPSA) is 113 Å². The second kappa shape index (κ2) is 40.2. The van der Waals surface area contributed by atoms with E-state index in [2.05, 4.69) is 295 Å².